The predicted molar refractivity (Wildman–Crippen MR) is 89.0 cm³/mol. The third kappa shape index (κ3) is 4.29. The number of halogens is 2. The van der Waals surface area contributed by atoms with Gasteiger partial charge in [0.05, 0.1) is 0 Å². The van der Waals surface area contributed by atoms with Crippen LogP contribution in [0.3, 0.4) is 0 Å². The highest BCUT2D eigenvalue weighted by Gasteiger charge is 2.01. The maximum absolute atomic E-state index is 8.44. The zero-order valence-corrected chi connectivity index (χ0v) is 13.5. The van der Waals surface area contributed by atoms with Crippen LogP contribution >= 0.6 is 34.2 Å². The lowest BCUT2D eigenvalue weighted by molar-refractivity contribution is 0.368. The Kier molecular flexibility index (Phi) is 5.50. The molecule has 0 amide bonds. The standard InChI is InChI=1S/C15H12ClIN2O/c16-12-3-6-15(14(17)9-12)19-10-11-1-4-13(5-2-11)20-8-7-18/h1-6,9,19H,8,10H2. The highest BCUT2D eigenvalue weighted by atomic mass is 127. The van der Waals surface area contributed by atoms with Crippen LogP contribution in [-0.4, -0.2) is 6.61 Å². The van der Waals surface area contributed by atoms with Gasteiger partial charge in [-0.05, 0) is 58.5 Å². The van der Waals surface area contributed by atoms with Crippen LogP contribution in [0.2, 0.25) is 5.02 Å². The van der Waals surface area contributed by atoms with E-state index in [-0.39, 0.29) is 6.61 Å². The molecule has 0 radical (unpaired) electrons. The second-order valence-corrected chi connectivity index (χ2v) is 5.67. The number of anilines is 1. The van der Waals surface area contributed by atoms with Crippen molar-refractivity contribution in [1.29, 1.82) is 5.26 Å². The fourth-order valence-electron chi connectivity index (χ4n) is 1.65. The van der Waals surface area contributed by atoms with Crippen molar-refractivity contribution in [2.24, 2.45) is 0 Å². The number of nitrogens with one attached hydrogen (secondary N) is 1. The highest BCUT2D eigenvalue weighted by molar-refractivity contribution is 14.1. The molecule has 0 heterocycles. The largest absolute Gasteiger partial charge is 0.479 e. The Bertz CT molecular complexity index is 623. The molecule has 0 aliphatic rings. The molecule has 0 aromatic heterocycles. The maximum Gasteiger partial charge on any atom is 0.174 e. The topological polar surface area (TPSA) is 45.0 Å². The summed E-state index contributed by atoms with van der Waals surface area (Å²) >= 11 is 8.18. The van der Waals surface area contributed by atoms with Crippen molar-refractivity contribution in [1.82, 2.24) is 0 Å². The molecular formula is C15H12ClIN2O. The molecule has 0 unspecified atom stereocenters. The molecule has 20 heavy (non-hydrogen) atoms. The Labute approximate surface area is 136 Å². The molecule has 3 nitrogen and oxygen atoms in total. The molecule has 5 heteroatoms. The predicted octanol–water partition coefficient (Wildman–Crippen LogP) is 4.46. The van der Waals surface area contributed by atoms with Gasteiger partial charge in [-0.15, -0.1) is 0 Å². The summed E-state index contributed by atoms with van der Waals surface area (Å²) in [6.45, 7) is 0.788. The van der Waals surface area contributed by atoms with Crippen molar-refractivity contribution < 1.29 is 4.74 Å². The summed E-state index contributed by atoms with van der Waals surface area (Å²) in [6, 6.07) is 15.4. The Balaban J connectivity index is 1.95. The number of nitriles is 1. The second-order valence-electron chi connectivity index (χ2n) is 4.07. The van der Waals surface area contributed by atoms with Crippen LogP contribution in [0.5, 0.6) is 5.75 Å². The quantitative estimate of drug-likeness (QED) is 0.756. The lowest BCUT2D eigenvalue weighted by Crippen LogP contribution is -2.01. The maximum atomic E-state index is 8.44. The monoisotopic (exact) mass is 398 g/mol. The van der Waals surface area contributed by atoms with Crippen molar-refractivity contribution in [3.05, 3.63) is 56.6 Å². The summed E-state index contributed by atoms with van der Waals surface area (Å²) < 4.78 is 6.29. The van der Waals surface area contributed by atoms with Crippen LogP contribution in [0.25, 0.3) is 0 Å². The summed E-state index contributed by atoms with van der Waals surface area (Å²) in [7, 11) is 0. The van der Waals surface area contributed by atoms with Crippen LogP contribution in [0.4, 0.5) is 5.69 Å². The number of nitrogens with zero attached hydrogens (tertiary/aromatic N) is 1. The Morgan fingerprint density at radius 3 is 2.60 bits per heavy atom. The fraction of sp³-hybridized carbons (Fsp3) is 0.133. The van der Waals surface area contributed by atoms with E-state index in [4.69, 9.17) is 21.6 Å². The van der Waals surface area contributed by atoms with Gasteiger partial charge in [0.2, 0.25) is 0 Å². The summed E-state index contributed by atoms with van der Waals surface area (Å²) in [6.07, 6.45) is 0. The van der Waals surface area contributed by atoms with Gasteiger partial charge in [-0.1, -0.05) is 23.7 Å². The Morgan fingerprint density at radius 1 is 1.20 bits per heavy atom. The normalized spacial score (nSPS) is 9.85. The van der Waals surface area contributed by atoms with Crippen LogP contribution in [0, 0.1) is 14.9 Å². The lowest BCUT2D eigenvalue weighted by Gasteiger charge is -2.09. The van der Waals surface area contributed by atoms with Crippen molar-refractivity contribution in [2.75, 3.05) is 11.9 Å². The van der Waals surface area contributed by atoms with E-state index in [2.05, 4.69) is 27.9 Å². The molecular weight excluding hydrogens is 387 g/mol. The van der Waals surface area contributed by atoms with Gasteiger partial charge in [0, 0.05) is 20.8 Å². The van der Waals surface area contributed by atoms with Gasteiger partial charge in [-0.25, -0.2) is 0 Å². The smallest absolute Gasteiger partial charge is 0.174 e. The molecule has 2 rings (SSSR count). The van der Waals surface area contributed by atoms with Crippen LogP contribution in [-0.2, 0) is 6.54 Å². The minimum absolute atomic E-state index is 0.0700. The first-order chi connectivity index (χ1) is 9.69. The summed E-state index contributed by atoms with van der Waals surface area (Å²) in [5.41, 5.74) is 2.19. The van der Waals surface area contributed by atoms with E-state index in [0.29, 0.717) is 5.75 Å². The number of hydrogen-bond acceptors (Lipinski definition) is 3. The van der Waals surface area contributed by atoms with E-state index >= 15 is 0 Å². The van der Waals surface area contributed by atoms with Crippen molar-refractivity contribution in [3.63, 3.8) is 0 Å². The van der Waals surface area contributed by atoms with Gasteiger partial charge in [-0.2, -0.15) is 5.26 Å². The Morgan fingerprint density at radius 2 is 1.95 bits per heavy atom. The number of rotatable bonds is 5. The molecule has 0 fully saturated rings. The van der Waals surface area contributed by atoms with Crippen molar-refractivity contribution >= 4 is 39.9 Å². The minimum Gasteiger partial charge on any atom is -0.479 e. The molecule has 0 aliphatic carbocycles. The first-order valence-corrected chi connectivity index (χ1v) is 7.42. The van der Waals surface area contributed by atoms with Gasteiger partial charge >= 0.3 is 0 Å². The van der Waals surface area contributed by atoms with E-state index in [1.165, 1.54) is 0 Å². The molecule has 0 atom stereocenters. The van der Waals surface area contributed by atoms with Gasteiger partial charge in [0.15, 0.2) is 6.61 Å². The average Bonchev–Trinajstić information content (AvgIpc) is 2.45. The molecule has 1 N–H and O–H groups in total. The number of ether oxygens (including phenoxy) is 1. The van der Waals surface area contributed by atoms with Gasteiger partial charge in [0.1, 0.15) is 11.8 Å². The van der Waals surface area contributed by atoms with Crippen LogP contribution in [0.15, 0.2) is 42.5 Å². The third-order valence-electron chi connectivity index (χ3n) is 2.64. The first-order valence-electron chi connectivity index (χ1n) is 5.96. The molecule has 0 aliphatic heterocycles. The molecule has 0 saturated carbocycles. The van der Waals surface area contributed by atoms with Crippen LogP contribution in [0.1, 0.15) is 5.56 Å². The van der Waals surface area contributed by atoms with E-state index in [9.17, 15) is 0 Å². The van der Waals surface area contributed by atoms with Gasteiger partial charge in [-0.3, -0.25) is 0 Å². The fourth-order valence-corrected chi connectivity index (χ4v) is 2.71. The first kappa shape index (κ1) is 14.9. The van der Waals surface area contributed by atoms with E-state index in [1.54, 1.807) is 0 Å². The van der Waals surface area contributed by atoms with Crippen molar-refractivity contribution in [3.8, 4) is 11.8 Å². The van der Waals surface area contributed by atoms with Crippen molar-refractivity contribution in [2.45, 2.75) is 6.54 Å². The van der Waals surface area contributed by atoms with E-state index in [1.807, 2.05) is 48.5 Å². The third-order valence-corrected chi connectivity index (χ3v) is 3.77. The van der Waals surface area contributed by atoms with Gasteiger partial charge in [0.25, 0.3) is 0 Å². The van der Waals surface area contributed by atoms with E-state index in [0.717, 1.165) is 26.4 Å². The van der Waals surface area contributed by atoms with Crippen LogP contribution < -0.4 is 10.1 Å². The lowest BCUT2D eigenvalue weighted by atomic mass is 10.2. The molecule has 2 aromatic rings. The average molecular weight is 399 g/mol. The zero-order chi connectivity index (χ0) is 14.4. The zero-order valence-electron chi connectivity index (χ0n) is 10.6. The molecule has 0 bridgehead atoms. The highest BCUT2D eigenvalue weighted by Crippen LogP contribution is 2.23. The number of benzene rings is 2. The van der Waals surface area contributed by atoms with Gasteiger partial charge < -0.3 is 10.1 Å². The van der Waals surface area contributed by atoms with E-state index < -0.39 is 0 Å². The SMILES string of the molecule is N#CCOc1ccc(CNc2ccc(Cl)cc2I)cc1. The summed E-state index contributed by atoms with van der Waals surface area (Å²) in [4.78, 5) is 0. The summed E-state index contributed by atoms with van der Waals surface area (Å²) in [5, 5.41) is 12.5. The molecule has 2 aromatic carbocycles. The molecule has 0 saturated heterocycles. The molecule has 102 valence electrons. The summed E-state index contributed by atoms with van der Waals surface area (Å²) in [5.74, 6) is 0.705. The number of hydrogen-bond donors (Lipinski definition) is 1. The minimum atomic E-state index is 0.0700. The second kappa shape index (κ2) is 7.36. The molecule has 0 spiro atoms. The Hall–Kier alpha value is -1.45.